The fourth-order valence-electron chi connectivity index (χ4n) is 1.61. The molecule has 1 heterocycles. The molecule has 0 bridgehead atoms. The molecule has 0 aromatic heterocycles. The monoisotopic (exact) mass is 205 g/mol. The molecule has 1 aromatic carbocycles. The molecule has 0 saturated carbocycles. The Kier molecular flexibility index (Phi) is 2.41. The van der Waals surface area contributed by atoms with Crippen LogP contribution in [0.3, 0.4) is 0 Å². The van der Waals surface area contributed by atoms with E-state index in [0.29, 0.717) is 6.61 Å². The largest absolute Gasteiger partial charge is 0.474 e. The van der Waals surface area contributed by atoms with Gasteiger partial charge in [0, 0.05) is 0 Å². The van der Waals surface area contributed by atoms with E-state index in [0.717, 1.165) is 11.1 Å². The maximum absolute atomic E-state index is 10.6. The van der Waals surface area contributed by atoms with E-state index in [4.69, 9.17) is 9.84 Å². The molecule has 0 saturated heterocycles. The molecule has 4 heteroatoms. The van der Waals surface area contributed by atoms with Gasteiger partial charge in [-0.05, 0) is 18.1 Å². The highest BCUT2D eigenvalue weighted by Gasteiger charge is 2.25. The number of aryl methyl sites for hydroxylation is 1. The molecule has 0 amide bonds. The third kappa shape index (κ3) is 1.83. The summed E-state index contributed by atoms with van der Waals surface area (Å²) in [5.41, 5.74) is 2.12. The molecule has 4 nitrogen and oxygen atoms in total. The number of hydrogen-bond acceptors (Lipinski definition) is 3. The number of carbonyl (C=O) groups is 1. The second kappa shape index (κ2) is 3.73. The third-order valence-electron chi connectivity index (χ3n) is 2.38. The van der Waals surface area contributed by atoms with Gasteiger partial charge < -0.3 is 9.84 Å². The number of hydrogen-bond donors (Lipinski definition) is 1. The van der Waals surface area contributed by atoms with Crippen molar-refractivity contribution in [1.82, 2.24) is 0 Å². The van der Waals surface area contributed by atoms with E-state index in [9.17, 15) is 4.79 Å². The third-order valence-corrected chi connectivity index (χ3v) is 2.38. The summed E-state index contributed by atoms with van der Waals surface area (Å²) in [6.45, 7) is 2.29. The topological polar surface area (TPSA) is 58.9 Å². The smallest absolute Gasteiger partial charge is 0.391 e. The summed E-state index contributed by atoms with van der Waals surface area (Å²) in [6, 6.07) is 7.59. The lowest BCUT2D eigenvalue weighted by molar-refractivity contribution is -0.130. The van der Waals surface area contributed by atoms with E-state index in [2.05, 4.69) is 4.99 Å². The van der Waals surface area contributed by atoms with Crippen molar-refractivity contribution in [3.05, 3.63) is 35.4 Å². The van der Waals surface area contributed by atoms with Crippen LogP contribution in [0.5, 0.6) is 0 Å². The van der Waals surface area contributed by atoms with Crippen LogP contribution in [0.4, 0.5) is 0 Å². The Morgan fingerprint density at radius 1 is 1.53 bits per heavy atom. The van der Waals surface area contributed by atoms with Crippen LogP contribution in [0.15, 0.2) is 29.3 Å². The van der Waals surface area contributed by atoms with E-state index < -0.39 is 5.97 Å². The van der Waals surface area contributed by atoms with Crippen molar-refractivity contribution >= 4 is 11.9 Å². The molecule has 2 rings (SSSR count). The summed E-state index contributed by atoms with van der Waals surface area (Å²) in [6.07, 6.45) is 0. The maximum Gasteiger partial charge on any atom is 0.391 e. The Labute approximate surface area is 87.2 Å². The van der Waals surface area contributed by atoms with Crippen molar-refractivity contribution in [2.45, 2.75) is 13.0 Å². The molecule has 1 aromatic rings. The predicted molar refractivity (Wildman–Crippen MR) is 54.9 cm³/mol. The SMILES string of the molecule is Cc1ccccc1C1COC(C(=O)O)=N1. The van der Waals surface area contributed by atoms with Crippen LogP contribution >= 0.6 is 0 Å². The van der Waals surface area contributed by atoms with Gasteiger partial charge in [0.2, 0.25) is 0 Å². The van der Waals surface area contributed by atoms with Crippen LogP contribution in [0.1, 0.15) is 17.2 Å². The first kappa shape index (κ1) is 9.71. The first-order chi connectivity index (χ1) is 7.18. The highest BCUT2D eigenvalue weighted by atomic mass is 16.5. The molecule has 0 radical (unpaired) electrons. The van der Waals surface area contributed by atoms with Gasteiger partial charge in [-0.3, -0.25) is 0 Å². The quantitative estimate of drug-likeness (QED) is 0.796. The molecule has 1 aliphatic rings. The summed E-state index contributed by atoms with van der Waals surface area (Å²) in [7, 11) is 0. The van der Waals surface area contributed by atoms with Gasteiger partial charge in [0.15, 0.2) is 0 Å². The maximum atomic E-state index is 10.6. The molecule has 78 valence electrons. The molecular formula is C11H11NO3. The summed E-state index contributed by atoms with van der Waals surface area (Å²) in [5, 5.41) is 8.69. The van der Waals surface area contributed by atoms with Gasteiger partial charge in [-0.2, -0.15) is 0 Å². The van der Waals surface area contributed by atoms with E-state index in [1.165, 1.54) is 0 Å². The molecule has 0 aliphatic carbocycles. The lowest BCUT2D eigenvalue weighted by Gasteiger charge is -2.07. The normalized spacial score (nSPS) is 19.5. The van der Waals surface area contributed by atoms with Crippen molar-refractivity contribution in [3.8, 4) is 0 Å². The van der Waals surface area contributed by atoms with Crippen molar-refractivity contribution in [3.63, 3.8) is 0 Å². The zero-order valence-electron chi connectivity index (χ0n) is 8.30. The number of nitrogens with zero attached hydrogens (tertiary/aromatic N) is 1. The minimum absolute atomic E-state index is 0.183. The summed E-state index contributed by atoms with van der Waals surface area (Å²) in [5.74, 6) is -1.30. The number of benzene rings is 1. The second-order valence-corrected chi connectivity index (χ2v) is 3.42. The van der Waals surface area contributed by atoms with Crippen LogP contribution in [0.25, 0.3) is 0 Å². The lowest BCUT2D eigenvalue weighted by Crippen LogP contribution is -2.12. The van der Waals surface area contributed by atoms with Crippen molar-refractivity contribution in [1.29, 1.82) is 0 Å². The van der Waals surface area contributed by atoms with Crippen molar-refractivity contribution in [2.24, 2.45) is 4.99 Å². The number of aliphatic carboxylic acids is 1. The van der Waals surface area contributed by atoms with Crippen LogP contribution in [0, 0.1) is 6.92 Å². The van der Waals surface area contributed by atoms with Crippen molar-refractivity contribution in [2.75, 3.05) is 6.61 Å². The number of carboxylic acids is 1. The van der Waals surface area contributed by atoms with Crippen molar-refractivity contribution < 1.29 is 14.6 Å². The molecule has 0 fully saturated rings. The van der Waals surface area contributed by atoms with E-state index in [-0.39, 0.29) is 11.9 Å². The number of carboxylic acid groups (broad SMARTS) is 1. The fourth-order valence-corrected chi connectivity index (χ4v) is 1.61. The number of rotatable bonds is 2. The van der Waals surface area contributed by atoms with Gasteiger partial charge in [0.25, 0.3) is 5.90 Å². The molecule has 1 N–H and O–H groups in total. The first-order valence-electron chi connectivity index (χ1n) is 4.68. The molecule has 15 heavy (non-hydrogen) atoms. The number of aliphatic imine (C=N–C) groups is 1. The standard InChI is InChI=1S/C11H11NO3/c1-7-4-2-3-5-8(7)9-6-15-10(12-9)11(13)14/h2-5,9H,6H2,1H3,(H,13,14). The van der Waals surface area contributed by atoms with Gasteiger partial charge >= 0.3 is 5.97 Å². The van der Waals surface area contributed by atoms with E-state index in [1.54, 1.807) is 0 Å². The Morgan fingerprint density at radius 2 is 2.27 bits per heavy atom. The predicted octanol–water partition coefficient (Wildman–Crippen LogP) is 1.55. The second-order valence-electron chi connectivity index (χ2n) is 3.42. The summed E-state index contributed by atoms with van der Waals surface area (Å²) >= 11 is 0. The zero-order valence-corrected chi connectivity index (χ0v) is 8.30. The van der Waals surface area contributed by atoms with Gasteiger partial charge in [0.1, 0.15) is 12.6 Å². The molecule has 0 spiro atoms. The van der Waals surface area contributed by atoms with Crippen LogP contribution in [-0.4, -0.2) is 23.6 Å². The molecule has 1 aliphatic heterocycles. The van der Waals surface area contributed by atoms with Crippen LogP contribution in [-0.2, 0) is 9.53 Å². The lowest BCUT2D eigenvalue weighted by atomic mass is 10.0. The van der Waals surface area contributed by atoms with Gasteiger partial charge in [0.05, 0.1) is 0 Å². The molecule has 1 unspecified atom stereocenters. The van der Waals surface area contributed by atoms with E-state index >= 15 is 0 Å². The summed E-state index contributed by atoms with van der Waals surface area (Å²) in [4.78, 5) is 14.6. The minimum atomic E-state index is -1.11. The average Bonchev–Trinajstić information content (AvgIpc) is 2.67. The van der Waals surface area contributed by atoms with Gasteiger partial charge in [-0.25, -0.2) is 9.79 Å². The minimum Gasteiger partial charge on any atom is -0.474 e. The Morgan fingerprint density at radius 3 is 2.87 bits per heavy atom. The van der Waals surface area contributed by atoms with Crippen LogP contribution < -0.4 is 0 Å². The first-order valence-corrected chi connectivity index (χ1v) is 4.68. The fraction of sp³-hybridized carbons (Fsp3) is 0.273. The zero-order chi connectivity index (χ0) is 10.8. The summed E-state index contributed by atoms with van der Waals surface area (Å²) < 4.78 is 4.99. The Hall–Kier alpha value is -1.84. The Bertz CT molecular complexity index is 426. The molecular weight excluding hydrogens is 194 g/mol. The average molecular weight is 205 g/mol. The van der Waals surface area contributed by atoms with Gasteiger partial charge in [-0.1, -0.05) is 24.3 Å². The van der Waals surface area contributed by atoms with E-state index in [1.807, 2.05) is 31.2 Å². The Balaban J connectivity index is 2.28. The number of ether oxygens (including phenoxy) is 1. The molecule has 1 atom stereocenters. The highest BCUT2D eigenvalue weighted by molar-refractivity contribution is 6.32. The van der Waals surface area contributed by atoms with Gasteiger partial charge in [-0.15, -0.1) is 0 Å². The van der Waals surface area contributed by atoms with Crippen LogP contribution in [0.2, 0.25) is 0 Å². The highest BCUT2D eigenvalue weighted by Crippen LogP contribution is 2.25.